The van der Waals surface area contributed by atoms with Crippen molar-refractivity contribution in [3.8, 4) is 0 Å². The molecule has 0 aliphatic heterocycles. The van der Waals surface area contributed by atoms with E-state index >= 15 is 0 Å². The number of alkyl halides is 3. The third-order valence-electron chi connectivity index (χ3n) is 2.49. The molecule has 4 nitrogen and oxygen atoms in total. The maximum atomic E-state index is 12.9. The summed E-state index contributed by atoms with van der Waals surface area (Å²) in [6.07, 6.45) is -1.66. The van der Waals surface area contributed by atoms with Crippen LogP contribution >= 0.6 is 11.6 Å². The Morgan fingerprint density at radius 3 is 2.74 bits per heavy atom. The number of aromatic nitrogens is 3. The Labute approximate surface area is 112 Å². The van der Waals surface area contributed by atoms with Gasteiger partial charge in [0.2, 0.25) is 0 Å². The molecule has 0 fully saturated rings. The smallest absolute Gasteiger partial charge is 0.361 e. The van der Waals surface area contributed by atoms with Crippen molar-refractivity contribution in [1.29, 1.82) is 0 Å². The highest BCUT2D eigenvalue weighted by Crippen LogP contribution is 2.37. The van der Waals surface area contributed by atoms with E-state index in [-0.39, 0.29) is 22.9 Å². The van der Waals surface area contributed by atoms with Crippen LogP contribution in [0.4, 0.5) is 13.2 Å². The first-order chi connectivity index (χ1) is 8.95. The fourth-order valence-corrected chi connectivity index (χ4v) is 1.94. The maximum Gasteiger partial charge on any atom is 0.418 e. The van der Waals surface area contributed by atoms with E-state index in [1.807, 2.05) is 6.92 Å². The number of hydrogen-bond donors (Lipinski definition) is 0. The van der Waals surface area contributed by atoms with Crippen molar-refractivity contribution in [2.75, 3.05) is 6.61 Å². The van der Waals surface area contributed by atoms with E-state index in [4.69, 9.17) is 16.3 Å². The first-order valence-corrected chi connectivity index (χ1v) is 5.97. The van der Waals surface area contributed by atoms with Crippen LogP contribution in [0.3, 0.4) is 0 Å². The van der Waals surface area contributed by atoms with E-state index < -0.39 is 11.7 Å². The monoisotopic (exact) mass is 293 g/mol. The molecule has 8 heteroatoms. The zero-order chi connectivity index (χ0) is 14.0. The van der Waals surface area contributed by atoms with E-state index in [2.05, 4.69) is 9.97 Å². The summed E-state index contributed by atoms with van der Waals surface area (Å²) in [5, 5.41) is -0.414. The van der Waals surface area contributed by atoms with Crippen LogP contribution in [-0.2, 0) is 17.6 Å². The Balaban J connectivity index is 2.51. The molecule has 0 radical (unpaired) electrons. The highest BCUT2D eigenvalue weighted by molar-refractivity contribution is 6.34. The summed E-state index contributed by atoms with van der Waals surface area (Å²) in [6.45, 7) is 2.36. The predicted octanol–water partition coefficient (Wildman–Crippen LogP) is 3.49. The Morgan fingerprint density at radius 2 is 2.11 bits per heavy atom. The first kappa shape index (κ1) is 14.1. The summed E-state index contributed by atoms with van der Waals surface area (Å²) >= 11 is 5.74. The van der Waals surface area contributed by atoms with E-state index in [9.17, 15) is 13.2 Å². The summed E-state index contributed by atoms with van der Waals surface area (Å²) < 4.78 is 45.3. The number of ether oxygens (including phenoxy) is 1. The van der Waals surface area contributed by atoms with E-state index in [0.29, 0.717) is 6.61 Å². The Kier molecular flexibility index (Phi) is 3.96. The van der Waals surface area contributed by atoms with Crippen molar-refractivity contribution in [2.24, 2.45) is 0 Å². The molecular formula is C11H11ClF3N3O. The topological polar surface area (TPSA) is 39.9 Å². The Hall–Kier alpha value is -1.34. The molecule has 0 aromatic carbocycles. The lowest BCUT2D eigenvalue weighted by atomic mass is 10.2. The third kappa shape index (κ3) is 2.82. The number of fused-ring (bicyclic) bond motifs is 1. The predicted molar refractivity (Wildman–Crippen MR) is 63.8 cm³/mol. The number of halogens is 4. The second-order valence-electron chi connectivity index (χ2n) is 3.91. The van der Waals surface area contributed by atoms with Gasteiger partial charge in [-0.15, -0.1) is 0 Å². The molecule has 2 aromatic heterocycles. The van der Waals surface area contributed by atoms with Gasteiger partial charge in [-0.25, -0.2) is 9.97 Å². The van der Waals surface area contributed by atoms with Crippen LogP contribution in [0.15, 0.2) is 12.5 Å². The lowest BCUT2D eigenvalue weighted by molar-refractivity contribution is -0.136. The van der Waals surface area contributed by atoms with Crippen molar-refractivity contribution < 1.29 is 17.9 Å². The highest BCUT2D eigenvalue weighted by Gasteiger charge is 2.36. The SMILES string of the molecule is CCCOCn1cc(C(F)(F)F)c2c(Cl)ncnc21. The molecule has 2 aromatic rings. The summed E-state index contributed by atoms with van der Waals surface area (Å²) in [7, 11) is 0. The van der Waals surface area contributed by atoms with Crippen LogP contribution < -0.4 is 0 Å². The van der Waals surface area contributed by atoms with Gasteiger partial charge < -0.3 is 9.30 Å². The molecule has 0 aliphatic carbocycles. The molecule has 104 valence electrons. The van der Waals surface area contributed by atoms with Crippen molar-refractivity contribution in [3.05, 3.63) is 23.2 Å². The number of hydrogen-bond acceptors (Lipinski definition) is 3. The zero-order valence-corrected chi connectivity index (χ0v) is 10.8. The van der Waals surface area contributed by atoms with Crippen LogP contribution in [0.2, 0.25) is 5.15 Å². The van der Waals surface area contributed by atoms with Crippen LogP contribution in [0, 0.1) is 0 Å². The molecule has 0 N–H and O–H groups in total. The molecular weight excluding hydrogens is 283 g/mol. The molecule has 0 atom stereocenters. The first-order valence-electron chi connectivity index (χ1n) is 5.59. The van der Waals surface area contributed by atoms with Crippen LogP contribution in [0.25, 0.3) is 11.0 Å². The van der Waals surface area contributed by atoms with E-state index in [1.54, 1.807) is 0 Å². The molecule has 0 amide bonds. The summed E-state index contributed by atoms with van der Waals surface area (Å²) in [6, 6.07) is 0. The molecule has 2 rings (SSSR count). The summed E-state index contributed by atoms with van der Waals surface area (Å²) in [4.78, 5) is 7.43. The maximum absolute atomic E-state index is 12.9. The number of rotatable bonds is 4. The highest BCUT2D eigenvalue weighted by atomic mass is 35.5. The minimum atomic E-state index is -4.51. The van der Waals surface area contributed by atoms with Gasteiger partial charge in [0, 0.05) is 12.8 Å². The van der Waals surface area contributed by atoms with Crippen molar-refractivity contribution >= 4 is 22.6 Å². The lowest BCUT2D eigenvalue weighted by Crippen LogP contribution is -2.05. The van der Waals surface area contributed by atoms with Gasteiger partial charge in [0.25, 0.3) is 0 Å². The quantitative estimate of drug-likeness (QED) is 0.640. The average Bonchev–Trinajstić information content (AvgIpc) is 2.70. The fraction of sp³-hybridized carbons (Fsp3) is 0.455. The van der Waals surface area contributed by atoms with Gasteiger partial charge in [-0.3, -0.25) is 0 Å². The second kappa shape index (κ2) is 5.34. The molecule has 0 saturated heterocycles. The molecule has 2 heterocycles. The third-order valence-corrected chi connectivity index (χ3v) is 2.78. The van der Waals surface area contributed by atoms with Gasteiger partial charge in [0.05, 0.1) is 10.9 Å². The lowest BCUT2D eigenvalue weighted by Gasteiger charge is -2.04. The molecule has 0 spiro atoms. The Bertz CT molecular complexity index is 582. The van der Waals surface area contributed by atoms with Gasteiger partial charge in [-0.2, -0.15) is 13.2 Å². The minimum absolute atomic E-state index is 0.00619. The van der Waals surface area contributed by atoms with Gasteiger partial charge in [0.15, 0.2) is 0 Å². The number of nitrogens with zero attached hydrogens (tertiary/aromatic N) is 3. The summed E-state index contributed by atoms with van der Waals surface area (Å²) in [5.41, 5.74) is -0.739. The Morgan fingerprint density at radius 1 is 1.37 bits per heavy atom. The molecule has 19 heavy (non-hydrogen) atoms. The van der Waals surface area contributed by atoms with Crippen LogP contribution in [0.5, 0.6) is 0 Å². The minimum Gasteiger partial charge on any atom is -0.361 e. The van der Waals surface area contributed by atoms with E-state index in [1.165, 1.54) is 4.57 Å². The van der Waals surface area contributed by atoms with Crippen LogP contribution in [0.1, 0.15) is 18.9 Å². The summed E-state index contributed by atoms with van der Waals surface area (Å²) in [5.74, 6) is 0. The van der Waals surface area contributed by atoms with Gasteiger partial charge in [-0.05, 0) is 6.42 Å². The van der Waals surface area contributed by atoms with Crippen LogP contribution in [-0.4, -0.2) is 21.1 Å². The second-order valence-corrected chi connectivity index (χ2v) is 4.27. The zero-order valence-electron chi connectivity index (χ0n) is 10.0. The molecule has 0 unspecified atom stereocenters. The van der Waals surface area contributed by atoms with Gasteiger partial charge in [0.1, 0.15) is 23.9 Å². The molecule has 0 saturated carbocycles. The average molecular weight is 294 g/mol. The van der Waals surface area contributed by atoms with Crippen molar-refractivity contribution in [1.82, 2.24) is 14.5 Å². The van der Waals surface area contributed by atoms with Gasteiger partial charge in [-0.1, -0.05) is 18.5 Å². The molecule has 0 aliphatic rings. The van der Waals surface area contributed by atoms with E-state index in [0.717, 1.165) is 18.9 Å². The fourth-order valence-electron chi connectivity index (χ4n) is 1.71. The largest absolute Gasteiger partial charge is 0.418 e. The standard InChI is InChI=1S/C11H11ClF3N3O/c1-2-3-19-6-18-4-7(11(13,14)15)8-9(12)16-5-17-10(8)18/h4-5H,2-3,6H2,1H3. The normalized spacial score (nSPS) is 12.3. The van der Waals surface area contributed by atoms with Gasteiger partial charge >= 0.3 is 6.18 Å². The van der Waals surface area contributed by atoms with Crippen molar-refractivity contribution in [2.45, 2.75) is 26.3 Å². The van der Waals surface area contributed by atoms with Crippen molar-refractivity contribution in [3.63, 3.8) is 0 Å². The molecule has 0 bridgehead atoms.